The zero-order chi connectivity index (χ0) is 37.5. The van der Waals surface area contributed by atoms with Crippen LogP contribution in [0.1, 0.15) is 53.6 Å². The Kier molecular flexibility index (Phi) is 10.9. The van der Waals surface area contributed by atoms with E-state index in [2.05, 4.69) is 83.0 Å². The molecule has 1 atom stereocenters. The van der Waals surface area contributed by atoms with Gasteiger partial charge >= 0.3 is 6.03 Å². The van der Waals surface area contributed by atoms with Crippen molar-refractivity contribution in [3.8, 4) is 11.4 Å². The number of urea groups is 1. The fourth-order valence-electron chi connectivity index (χ4n) is 5.58. The number of methoxy groups -OCH3 is 1. The lowest BCUT2D eigenvalue weighted by Gasteiger charge is -2.20. The molecule has 3 aromatic carbocycles. The Morgan fingerprint density at radius 1 is 0.868 bits per heavy atom. The molecular weight excluding hydrogens is 670 g/mol. The summed E-state index contributed by atoms with van der Waals surface area (Å²) < 4.78 is 13.4. The number of hydrogen-bond acceptors (Lipinski definition) is 9. The molecule has 3 heterocycles. The third-order valence-electron chi connectivity index (χ3n) is 8.56. The first-order valence-corrected chi connectivity index (χ1v) is 17.2. The molecule has 53 heavy (non-hydrogen) atoms. The average Bonchev–Trinajstić information content (AvgIpc) is 3.57. The maximum absolute atomic E-state index is 13.5. The van der Waals surface area contributed by atoms with Crippen molar-refractivity contribution in [3.63, 3.8) is 0 Å². The maximum Gasteiger partial charge on any atom is 0.324 e. The van der Waals surface area contributed by atoms with E-state index in [9.17, 15) is 9.59 Å². The van der Waals surface area contributed by atoms with Crippen LogP contribution in [0.3, 0.4) is 0 Å². The molecule has 13 heteroatoms. The highest BCUT2D eigenvalue weighted by Gasteiger charge is 2.22. The highest BCUT2D eigenvalue weighted by Crippen LogP contribution is 2.33. The van der Waals surface area contributed by atoms with E-state index >= 15 is 0 Å². The normalized spacial score (nSPS) is 11.9. The number of carbonyl (C=O) groups excluding carboxylic acids is 2. The van der Waals surface area contributed by atoms with Crippen molar-refractivity contribution < 1.29 is 19.1 Å². The van der Waals surface area contributed by atoms with Crippen molar-refractivity contribution in [1.29, 1.82) is 0 Å². The average molecular weight is 714 g/mol. The standard InChI is InChI=1S/C40H43N9O4/c1-25-11-12-28(19-26(25)2)49-37(21-34(48-49)40(3,4)5)47-39(51)44-31-13-14-33(30-10-8-7-9-29(30)31)53-23-27-15-16-43-35(20-27)45-36(24-52-6)46-38(50)32-22-41-17-18-42-32/h7-22,36H,23-24H2,1-6H3,(H,43,45)(H,46,50)(H2,44,47,51). The minimum Gasteiger partial charge on any atom is -0.488 e. The van der Waals surface area contributed by atoms with Gasteiger partial charge in [-0.1, -0.05) is 51.1 Å². The van der Waals surface area contributed by atoms with E-state index in [1.54, 1.807) is 18.0 Å². The quantitative estimate of drug-likeness (QED) is 0.0966. The molecule has 3 amide bonds. The van der Waals surface area contributed by atoms with Gasteiger partial charge in [-0.15, -0.1) is 0 Å². The lowest BCUT2D eigenvalue weighted by atomic mass is 9.92. The van der Waals surface area contributed by atoms with Crippen molar-refractivity contribution in [1.82, 2.24) is 30.0 Å². The SMILES string of the molecule is COCC(NC(=O)c1cnccn1)Nc1cc(COc2ccc(NC(=O)Nc3cc(C(C)(C)C)nn3-c3ccc(C)c(C)c3)c3ccccc23)ccn1. The molecule has 1 unspecified atom stereocenters. The molecule has 0 bridgehead atoms. The van der Waals surface area contributed by atoms with Crippen LogP contribution in [0.25, 0.3) is 16.5 Å². The molecule has 0 saturated carbocycles. The number of amides is 3. The second-order valence-corrected chi connectivity index (χ2v) is 13.6. The molecule has 0 fully saturated rings. The van der Waals surface area contributed by atoms with Crippen LogP contribution in [0, 0.1) is 13.8 Å². The van der Waals surface area contributed by atoms with Gasteiger partial charge in [0.2, 0.25) is 0 Å². The largest absolute Gasteiger partial charge is 0.488 e. The topological polar surface area (TPSA) is 157 Å². The first-order valence-electron chi connectivity index (χ1n) is 17.2. The second-order valence-electron chi connectivity index (χ2n) is 13.6. The Morgan fingerprint density at radius 3 is 2.42 bits per heavy atom. The zero-order valence-corrected chi connectivity index (χ0v) is 30.6. The Labute approximate surface area is 308 Å². The second kappa shape index (κ2) is 15.9. The number of aromatic nitrogens is 5. The van der Waals surface area contributed by atoms with E-state index in [1.165, 1.54) is 24.2 Å². The fourth-order valence-corrected chi connectivity index (χ4v) is 5.58. The van der Waals surface area contributed by atoms with Crippen molar-refractivity contribution in [3.05, 3.63) is 126 Å². The molecule has 272 valence electrons. The molecule has 6 aromatic rings. The van der Waals surface area contributed by atoms with Crippen LogP contribution in [0.4, 0.5) is 22.1 Å². The van der Waals surface area contributed by atoms with Crippen LogP contribution < -0.4 is 26.0 Å². The van der Waals surface area contributed by atoms with E-state index in [1.807, 2.05) is 60.7 Å². The van der Waals surface area contributed by atoms with Gasteiger partial charge in [-0.05, 0) is 66.9 Å². The summed E-state index contributed by atoms with van der Waals surface area (Å²) in [7, 11) is 1.55. The number of nitrogens with one attached hydrogen (secondary N) is 4. The number of rotatable bonds is 12. The zero-order valence-electron chi connectivity index (χ0n) is 30.6. The van der Waals surface area contributed by atoms with Gasteiger partial charge in [0.1, 0.15) is 35.9 Å². The molecule has 13 nitrogen and oxygen atoms in total. The predicted molar refractivity (Wildman–Crippen MR) is 206 cm³/mol. The molecule has 0 aliphatic heterocycles. The molecule has 6 rings (SSSR count). The van der Waals surface area contributed by atoms with Gasteiger partial charge in [-0.2, -0.15) is 5.10 Å². The van der Waals surface area contributed by atoms with E-state index < -0.39 is 18.1 Å². The van der Waals surface area contributed by atoms with Gasteiger partial charge in [-0.25, -0.2) is 19.4 Å². The highest BCUT2D eigenvalue weighted by molar-refractivity contribution is 6.07. The fraction of sp³-hybridized carbons (Fsp3) is 0.250. The number of nitrogens with zero attached hydrogens (tertiary/aromatic N) is 5. The summed E-state index contributed by atoms with van der Waals surface area (Å²) in [5, 5.41) is 18.6. The van der Waals surface area contributed by atoms with Crippen molar-refractivity contribution >= 4 is 40.0 Å². The molecule has 0 spiro atoms. The smallest absolute Gasteiger partial charge is 0.324 e. The summed E-state index contributed by atoms with van der Waals surface area (Å²) in [5.74, 6) is 1.34. The number of anilines is 3. The third kappa shape index (κ3) is 8.94. The molecule has 4 N–H and O–H groups in total. The molecule has 0 radical (unpaired) electrons. The lowest BCUT2D eigenvalue weighted by Crippen LogP contribution is -2.44. The number of benzene rings is 3. The van der Waals surface area contributed by atoms with Crippen molar-refractivity contribution in [2.75, 3.05) is 29.7 Å². The van der Waals surface area contributed by atoms with Crippen LogP contribution in [0.15, 0.2) is 97.6 Å². The van der Waals surface area contributed by atoms with Crippen LogP contribution >= 0.6 is 0 Å². The summed E-state index contributed by atoms with van der Waals surface area (Å²) in [6.07, 6.45) is 5.43. The lowest BCUT2D eigenvalue weighted by molar-refractivity contribution is 0.0903. The van der Waals surface area contributed by atoms with E-state index in [-0.39, 0.29) is 24.3 Å². The molecule has 0 aliphatic carbocycles. The third-order valence-corrected chi connectivity index (χ3v) is 8.56. The van der Waals surface area contributed by atoms with Crippen LogP contribution in [-0.4, -0.2) is 56.6 Å². The minimum atomic E-state index is -0.577. The van der Waals surface area contributed by atoms with E-state index in [4.69, 9.17) is 14.6 Å². The van der Waals surface area contributed by atoms with Crippen LogP contribution in [0.2, 0.25) is 0 Å². The maximum atomic E-state index is 13.5. The molecule has 0 saturated heterocycles. The summed E-state index contributed by atoms with van der Waals surface area (Å²) >= 11 is 0. The Hall–Kier alpha value is -6.34. The monoisotopic (exact) mass is 713 g/mol. The van der Waals surface area contributed by atoms with E-state index in [0.29, 0.717) is 23.1 Å². The summed E-state index contributed by atoms with van der Waals surface area (Å²) in [4.78, 5) is 38.6. The molecule has 0 aliphatic rings. The van der Waals surface area contributed by atoms with Crippen molar-refractivity contribution in [2.45, 2.75) is 52.8 Å². The predicted octanol–water partition coefficient (Wildman–Crippen LogP) is 7.16. The minimum absolute atomic E-state index is 0.187. The van der Waals surface area contributed by atoms with Crippen molar-refractivity contribution in [2.24, 2.45) is 0 Å². The van der Waals surface area contributed by atoms with Gasteiger partial charge in [0.15, 0.2) is 0 Å². The summed E-state index contributed by atoms with van der Waals surface area (Å²) in [6.45, 7) is 10.8. The number of hydrogen-bond donors (Lipinski definition) is 4. The summed E-state index contributed by atoms with van der Waals surface area (Å²) in [6, 6.07) is 22.7. The van der Waals surface area contributed by atoms with Crippen LogP contribution in [-0.2, 0) is 16.8 Å². The number of fused-ring (bicyclic) bond motifs is 1. The van der Waals surface area contributed by atoms with Gasteiger partial charge in [0, 0.05) is 48.0 Å². The summed E-state index contributed by atoms with van der Waals surface area (Å²) in [5.41, 5.74) is 5.48. The first-order chi connectivity index (χ1) is 25.5. The Morgan fingerprint density at radius 2 is 1.68 bits per heavy atom. The molecular formula is C40H43N9O4. The number of carbonyl (C=O) groups is 2. The van der Waals surface area contributed by atoms with Gasteiger partial charge in [-0.3, -0.25) is 15.1 Å². The van der Waals surface area contributed by atoms with Gasteiger partial charge in [0.05, 0.1) is 29.9 Å². The van der Waals surface area contributed by atoms with Crippen LogP contribution in [0.5, 0.6) is 5.75 Å². The number of aryl methyl sites for hydroxylation is 2. The van der Waals surface area contributed by atoms with Gasteiger partial charge in [0.25, 0.3) is 5.91 Å². The van der Waals surface area contributed by atoms with E-state index in [0.717, 1.165) is 33.3 Å². The first kappa shape index (κ1) is 36.5. The number of pyridine rings is 1. The highest BCUT2D eigenvalue weighted by atomic mass is 16.5. The van der Waals surface area contributed by atoms with Gasteiger partial charge < -0.3 is 25.4 Å². The molecule has 3 aromatic heterocycles. The number of ether oxygens (including phenoxy) is 2. The Bertz CT molecular complexity index is 2230. The Balaban J connectivity index is 1.15.